The fourth-order valence-corrected chi connectivity index (χ4v) is 2.59. The molecule has 1 aliphatic heterocycles. The minimum absolute atomic E-state index is 0.0129. The van der Waals surface area contributed by atoms with E-state index in [9.17, 15) is 0 Å². The average Bonchev–Trinajstić information content (AvgIpc) is 2.84. The number of hydrogen-bond donors (Lipinski definition) is 0. The van der Waals surface area contributed by atoms with Crippen LogP contribution < -0.4 is 0 Å². The molecule has 1 saturated carbocycles. The smallest absolute Gasteiger partial charge is 0.173 e. The van der Waals surface area contributed by atoms with Crippen molar-refractivity contribution < 1.29 is 4.74 Å². The first kappa shape index (κ1) is 9.02. The molecule has 0 aromatic heterocycles. The van der Waals surface area contributed by atoms with Crippen molar-refractivity contribution in [1.29, 1.82) is 5.26 Å². The van der Waals surface area contributed by atoms with Gasteiger partial charge in [-0.1, -0.05) is 19.8 Å². The summed E-state index contributed by atoms with van der Waals surface area (Å²) in [5.74, 6) is 0.902. The number of epoxide rings is 1. The van der Waals surface area contributed by atoms with Gasteiger partial charge in [-0.05, 0) is 31.6 Å². The summed E-state index contributed by atoms with van der Waals surface area (Å²) in [5, 5.41) is 8.72. The molecule has 0 amide bonds. The van der Waals surface area contributed by atoms with E-state index in [-0.39, 0.29) is 11.7 Å². The van der Waals surface area contributed by atoms with Gasteiger partial charge in [-0.25, -0.2) is 0 Å². The van der Waals surface area contributed by atoms with Gasteiger partial charge in [0.1, 0.15) is 5.60 Å². The maximum absolute atomic E-state index is 8.72. The fraction of sp³-hybridized carbons (Fsp3) is 0.909. The highest BCUT2D eigenvalue weighted by Crippen LogP contribution is 2.49. The number of ether oxygens (including phenoxy) is 1. The SMILES string of the molecule is CCCC1CCC2(CC1)OC2C#N. The fourth-order valence-electron chi connectivity index (χ4n) is 2.59. The lowest BCUT2D eigenvalue weighted by Crippen LogP contribution is -2.23. The van der Waals surface area contributed by atoms with Crippen LogP contribution in [0.15, 0.2) is 0 Å². The van der Waals surface area contributed by atoms with Gasteiger partial charge in [0.2, 0.25) is 0 Å². The van der Waals surface area contributed by atoms with Crippen LogP contribution in [-0.4, -0.2) is 11.7 Å². The van der Waals surface area contributed by atoms with E-state index in [1.807, 2.05) is 0 Å². The molecule has 1 spiro atoms. The van der Waals surface area contributed by atoms with E-state index in [4.69, 9.17) is 10.00 Å². The zero-order valence-electron chi connectivity index (χ0n) is 8.25. The van der Waals surface area contributed by atoms with Crippen LogP contribution in [0, 0.1) is 17.2 Å². The van der Waals surface area contributed by atoms with E-state index in [1.54, 1.807) is 0 Å². The molecule has 2 heteroatoms. The Labute approximate surface area is 79.9 Å². The minimum Gasteiger partial charge on any atom is -0.350 e. The standard InChI is InChI=1S/C11H17NO/c1-2-3-9-4-6-11(7-5-9)10(8-12)13-11/h9-10H,2-7H2,1H3. The minimum atomic E-state index is -0.0740. The molecular formula is C11H17NO. The summed E-state index contributed by atoms with van der Waals surface area (Å²) in [6, 6.07) is 2.22. The lowest BCUT2D eigenvalue weighted by molar-refractivity contribution is 0.192. The molecule has 1 atom stereocenters. The first-order valence-corrected chi connectivity index (χ1v) is 5.38. The molecule has 1 saturated heterocycles. The van der Waals surface area contributed by atoms with Crippen LogP contribution in [-0.2, 0) is 4.74 Å². The highest BCUT2D eigenvalue weighted by molar-refractivity contribution is 5.15. The van der Waals surface area contributed by atoms with Gasteiger partial charge in [-0.2, -0.15) is 5.26 Å². The maximum Gasteiger partial charge on any atom is 0.173 e. The molecule has 2 rings (SSSR count). The summed E-state index contributed by atoms with van der Waals surface area (Å²) in [7, 11) is 0. The third-order valence-electron chi connectivity index (χ3n) is 3.54. The molecule has 0 N–H and O–H groups in total. The van der Waals surface area contributed by atoms with Crippen molar-refractivity contribution in [3.8, 4) is 6.07 Å². The lowest BCUT2D eigenvalue weighted by Gasteiger charge is -2.25. The quantitative estimate of drug-likeness (QED) is 0.611. The van der Waals surface area contributed by atoms with Crippen molar-refractivity contribution in [2.75, 3.05) is 0 Å². The van der Waals surface area contributed by atoms with Gasteiger partial charge < -0.3 is 4.74 Å². The summed E-state index contributed by atoms with van der Waals surface area (Å²) >= 11 is 0. The Bertz CT molecular complexity index is 223. The first-order valence-electron chi connectivity index (χ1n) is 5.38. The normalized spacial score (nSPS) is 43.1. The molecule has 13 heavy (non-hydrogen) atoms. The molecule has 2 aliphatic rings. The lowest BCUT2D eigenvalue weighted by atomic mass is 9.78. The summed E-state index contributed by atoms with van der Waals surface area (Å²) in [4.78, 5) is 0. The number of nitriles is 1. The van der Waals surface area contributed by atoms with Crippen LogP contribution >= 0.6 is 0 Å². The Morgan fingerprint density at radius 2 is 2.15 bits per heavy atom. The predicted octanol–water partition coefficient (Wildman–Crippen LogP) is 2.64. The monoisotopic (exact) mass is 179 g/mol. The van der Waals surface area contributed by atoms with Gasteiger partial charge in [-0.3, -0.25) is 0 Å². The van der Waals surface area contributed by atoms with Gasteiger partial charge in [0.05, 0.1) is 6.07 Å². The molecule has 0 radical (unpaired) electrons. The Balaban J connectivity index is 1.81. The Hall–Kier alpha value is -0.550. The third kappa shape index (κ3) is 1.58. The Kier molecular flexibility index (Phi) is 2.29. The second kappa shape index (κ2) is 3.31. The molecule has 1 unspecified atom stereocenters. The average molecular weight is 179 g/mol. The number of hydrogen-bond acceptors (Lipinski definition) is 2. The zero-order chi connectivity index (χ0) is 9.31. The van der Waals surface area contributed by atoms with Crippen LogP contribution in [0.4, 0.5) is 0 Å². The van der Waals surface area contributed by atoms with Crippen LogP contribution in [0.5, 0.6) is 0 Å². The van der Waals surface area contributed by atoms with E-state index in [2.05, 4.69) is 13.0 Å². The second-order valence-corrected chi connectivity index (χ2v) is 4.42. The van der Waals surface area contributed by atoms with Gasteiger partial charge in [0.25, 0.3) is 0 Å². The van der Waals surface area contributed by atoms with Crippen molar-refractivity contribution in [1.82, 2.24) is 0 Å². The molecule has 72 valence electrons. The summed E-state index contributed by atoms with van der Waals surface area (Å²) < 4.78 is 5.46. The molecule has 0 aromatic carbocycles. The third-order valence-corrected chi connectivity index (χ3v) is 3.54. The van der Waals surface area contributed by atoms with E-state index in [1.165, 1.54) is 25.7 Å². The maximum atomic E-state index is 8.72. The van der Waals surface area contributed by atoms with E-state index >= 15 is 0 Å². The molecule has 2 nitrogen and oxygen atoms in total. The molecule has 2 fully saturated rings. The second-order valence-electron chi connectivity index (χ2n) is 4.42. The van der Waals surface area contributed by atoms with Crippen molar-refractivity contribution in [3.63, 3.8) is 0 Å². The highest BCUT2D eigenvalue weighted by atomic mass is 16.6. The van der Waals surface area contributed by atoms with Gasteiger partial charge in [-0.15, -0.1) is 0 Å². The van der Waals surface area contributed by atoms with Crippen molar-refractivity contribution in [3.05, 3.63) is 0 Å². The molecular weight excluding hydrogens is 162 g/mol. The van der Waals surface area contributed by atoms with Crippen LogP contribution in [0.1, 0.15) is 45.4 Å². The summed E-state index contributed by atoms with van der Waals surface area (Å²) in [6.45, 7) is 2.25. The topological polar surface area (TPSA) is 36.3 Å². The zero-order valence-corrected chi connectivity index (χ0v) is 8.25. The van der Waals surface area contributed by atoms with E-state index in [0.29, 0.717) is 0 Å². The summed E-state index contributed by atoms with van der Waals surface area (Å²) in [5.41, 5.74) is 0.0129. The van der Waals surface area contributed by atoms with Gasteiger partial charge >= 0.3 is 0 Å². The highest BCUT2D eigenvalue weighted by Gasteiger charge is 2.57. The van der Waals surface area contributed by atoms with Crippen molar-refractivity contribution >= 4 is 0 Å². The molecule has 0 aromatic rings. The first-order chi connectivity index (χ1) is 6.30. The van der Waals surface area contributed by atoms with E-state index < -0.39 is 0 Å². The van der Waals surface area contributed by atoms with Crippen LogP contribution in [0.2, 0.25) is 0 Å². The largest absolute Gasteiger partial charge is 0.350 e. The van der Waals surface area contributed by atoms with Gasteiger partial charge in [0, 0.05) is 0 Å². The Morgan fingerprint density at radius 1 is 1.46 bits per heavy atom. The van der Waals surface area contributed by atoms with Crippen molar-refractivity contribution in [2.24, 2.45) is 5.92 Å². The van der Waals surface area contributed by atoms with Crippen LogP contribution in [0.3, 0.4) is 0 Å². The molecule has 1 aliphatic carbocycles. The number of rotatable bonds is 2. The molecule has 0 bridgehead atoms. The summed E-state index contributed by atoms with van der Waals surface area (Å²) in [6.07, 6.45) is 7.35. The predicted molar refractivity (Wildman–Crippen MR) is 50.1 cm³/mol. The van der Waals surface area contributed by atoms with Crippen LogP contribution in [0.25, 0.3) is 0 Å². The molecule has 1 heterocycles. The van der Waals surface area contributed by atoms with Gasteiger partial charge in [0.15, 0.2) is 6.10 Å². The Morgan fingerprint density at radius 3 is 2.62 bits per heavy atom. The van der Waals surface area contributed by atoms with Crippen molar-refractivity contribution in [2.45, 2.75) is 57.2 Å². The number of nitrogens with zero attached hydrogens (tertiary/aromatic N) is 1. The van der Waals surface area contributed by atoms with E-state index in [0.717, 1.165) is 18.8 Å².